The maximum absolute atomic E-state index is 13.4. The summed E-state index contributed by atoms with van der Waals surface area (Å²) in [7, 11) is 4.69. The number of cyclic esters (lactones) is 1. The minimum absolute atomic E-state index is 0.115. The quantitative estimate of drug-likeness (QED) is 0.137. The standard InChI is InChI=1S/C34H46O9/c1-6-7-8-9-10-11-12-13-14-34(2,36)43-31-23-18-26-25(41-20-42-26)17-22(23)29(30-24(31)19-40-33(30)35)21-15-27(37-3)32(39-5)28(16-21)38-4/h15-18,24,29-31,36H,6-14,19-20H2,1-5H3/t24-,29?,30+,31-,34?/m0/s1. The third kappa shape index (κ3) is 6.53. The molecule has 5 atom stereocenters. The van der Waals surface area contributed by atoms with Crippen LogP contribution in [-0.4, -0.2) is 51.6 Å². The number of rotatable bonds is 15. The van der Waals surface area contributed by atoms with Crippen LogP contribution >= 0.6 is 0 Å². The molecule has 1 aliphatic carbocycles. The van der Waals surface area contributed by atoms with Gasteiger partial charge in [0.15, 0.2) is 28.8 Å². The van der Waals surface area contributed by atoms with Gasteiger partial charge in [-0.25, -0.2) is 0 Å². The molecule has 0 radical (unpaired) electrons. The molecule has 5 rings (SSSR count). The molecule has 9 nitrogen and oxygen atoms in total. The van der Waals surface area contributed by atoms with E-state index in [0.29, 0.717) is 35.2 Å². The lowest BCUT2D eigenvalue weighted by Crippen LogP contribution is -2.40. The molecule has 2 aromatic rings. The number of carbonyl (C=O) groups is 1. The molecule has 1 saturated heterocycles. The normalized spacial score (nSPS) is 23.3. The van der Waals surface area contributed by atoms with E-state index >= 15 is 0 Å². The van der Waals surface area contributed by atoms with Crippen LogP contribution in [0.2, 0.25) is 0 Å². The summed E-state index contributed by atoms with van der Waals surface area (Å²) in [6, 6.07) is 7.61. The third-order valence-electron chi connectivity index (χ3n) is 9.04. The van der Waals surface area contributed by atoms with Crippen LogP contribution < -0.4 is 23.7 Å². The highest BCUT2D eigenvalue weighted by Crippen LogP contribution is 2.57. The highest BCUT2D eigenvalue weighted by molar-refractivity contribution is 5.79. The second-order valence-electron chi connectivity index (χ2n) is 12.0. The maximum Gasteiger partial charge on any atom is 0.310 e. The smallest absolute Gasteiger partial charge is 0.310 e. The largest absolute Gasteiger partial charge is 0.493 e. The summed E-state index contributed by atoms with van der Waals surface area (Å²) in [6.45, 7) is 4.25. The maximum atomic E-state index is 13.4. The first kappa shape index (κ1) is 31.3. The van der Waals surface area contributed by atoms with Gasteiger partial charge in [-0.1, -0.05) is 51.9 Å². The van der Waals surface area contributed by atoms with Gasteiger partial charge in [-0.3, -0.25) is 4.79 Å². The molecule has 0 spiro atoms. The number of fused-ring (bicyclic) bond motifs is 3. The van der Waals surface area contributed by atoms with Gasteiger partial charge in [-0.05, 0) is 54.3 Å². The van der Waals surface area contributed by atoms with E-state index in [4.69, 9.17) is 33.2 Å². The predicted molar refractivity (Wildman–Crippen MR) is 160 cm³/mol. The second-order valence-corrected chi connectivity index (χ2v) is 12.0. The lowest BCUT2D eigenvalue weighted by Gasteiger charge is -2.41. The van der Waals surface area contributed by atoms with Crippen LogP contribution in [0.5, 0.6) is 28.7 Å². The molecule has 236 valence electrons. The van der Waals surface area contributed by atoms with E-state index in [9.17, 15) is 9.90 Å². The highest BCUT2D eigenvalue weighted by Gasteiger charge is 2.54. The van der Waals surface area contributed by atoms with Crippen LogP contribution in [0.1, 0.15) is 100 Å². The Morgan fingerprint density at radius 3 is 2.05 bits per heavy atom. The van der Waals surface area contributed by atoms with Crippen molar-refractivity contribution in [3.63, 3.8) is 0 Å². The van der Waals surface area contributed by atoms with E-state index in [1.54, 1.807) is 28.3 Å². The molecule has 43 heavy (non-hydrogen) atoms. The molecule has 1 N–H and O–H groups in total. The van der Waals surface area contributed by atoms with Crippen LogP contribution in [0, 0.1) is 11.8 Å². The fraction of sp³-hybridized carbons (Fsp3) is 0.618. The number of unbranched alkanes of at least 4 members (excludes halogenated alkanes) is 7. The Balaban J connectivity index is 1.46. The summed E-state index contributed by atoms with van der Waals surface area (Å²) >= 11 is 0. The SMILES string of the molecule is CCCCCCCCCCC(C)(O)O[C@H]1c2cc3c(cc2C(c2cc(OC)c(OC)c(OC)c2)[C@@H]2C(=O)OC[C@H]12)OCO3. The summed E-state index contributed by atoms with van der Waals surface area (Å²) in [5.41, 5.74) is 2.51. The lowest BCUT2D eigenvalue weighted by molar-refractivity contribution is -0.239. The Morgan fingerprint density at radius 1 is 0.837 bits per heavy atom. The first-order valence-electron chi connectivity index (χ1n) is 15.6. The van der Waals surface area contributed by atoms with Crippen molar-refractivity contribution in [2.45, 2.75) is 89.4 Å². The van der Waals surface area contributed by atoms with Crippen molar-refractivity contribution in [2.24, 2.45) is 11.8 Å². The monoisotopic (exact) mass is 598 g/mol. The van der Waals surface area contributed by atoms with Crippen molar-refractivity contribution in [1.82, 2.24) is 0 Å². The highest BCUT2D eigenvalue weighted by atomic mass is 16.7. The molecule has 1 fully saturated rings. The zero-order chi connectivity index (χ0) is 30.6. The van der Waals surface area contributed by atoms with Crippen molar-refractivity contribution >= 4 is 5.97 Å². The molecule has 0 bridgehead atoms. The summed E-state index contributed by atoms with van der Waals surface area (Å²) < 4.78 is 40.6. The number of carbonyl (C=O) groups excluding carboxylic acids is 1. The minimum atomic E-state index is -1.38. The number of methoxy groups -OCH3 is 3. The number of esters is 1. The molecular formula is C34H46O9. The lowest BCUT2D eigenvalue weighted by atomic mass is 9.66. The van der Waals surface area contributed by atoms with Gasteiger partial charge in [0.2, 0.25) is 12.5 Å². The molecule has 2 unspecified atom stereocenters. The van der Waals surface area contributed by atoms with E-state index in [-0.39, 0.29) is 25.3 Å². The van der Waals surface area contributed by atoms with Gasteiger partial charge in [0.1, 0.15) is 0 Å². The molecule has 0 amide bonds. The zero-order valence-corrected chi connectivity index (χ0v) is 26.1. The molecule has 2 aromatic carbocycles. The number of benzene rings is 2. The predicted octanol–water partition coefficient (Wildman–Crippen LogP) is 6.67. The molecule has 2 heterocycles. The molecule has 0 saturated carbocycles. The van der Waals surface area contributed by atoms with Crippen LogP contribution in [-0.2, 0) is 14.3 Å². The first-order valence-corrected chi connectivity index (χ1v) is 15.6. The third-order valence-corrected chi connectivity index (χ3v) is 9.04. The fourth-order valence-electron chi connectivity index (χ4n) is 6.86. The van der Waals surface area contributed by atoms with Gasteiger partial charge in [-0.15, -0.1) is 0 Å². The Morgan fingerprint density at radius 2 is 1.44 bits per heavy atom. The van der Waals surface area contributed by atoms with Crippen molar-refractivity contribution in [2.75, 3.05) is 34.7 Å². The van der Waals surface area contributed by atoms with Gasteiger partial charge in [0.05, 0.1) is 40.0 Å². The van der Waals surface area contributed by atoms with Gasteiger partial charge in [0, 0.05) is 18.3 Å². The minimum Gasteiger partial charge on any atom is -0.493 e. The van der Waals surface area contributed by atoms with Gasteiger partial charge in [0.25, 0.3) is 0 Å². The van der Waals surface area contributed by atoms with Crippen LogP contribution in [0.3, 0.4) is 0 Å². The van der Waals surface area contributed by atoms with Crippen LogP contribution in [0.15, 0.2) is 24.3 Å². The number of ether oxygens (including phenoxy) is 7. The summed E-state index contributed by atoms with van der Waals surface area (Å²) in [6.07, 6.45) is 9.29. The Bertz CT molecular complexity index is 1250. The fourth-order valence-corrected chi connectivity index (χ4v) is 6.86. The molecule has 0 aromatic heterocycles. The average Bonchev–Trinajstić information content (AvgIpc) is 3.63. The van der Waals surface area contributed by atoms with E-state index in [0.717, 1.165) is 36.0 Å². The Labute approximate surface area is 254 Å². The van der Waals surface area contributed by atoms with Crippen molar-refractivity contribution in [1.29, 1.82) is 0 Å². The van der Waals surface area contributed by atoms with Gasteiger partial charge in [-0.2, -0.15) is 0 Å². The summed E-state index contributed by atoms with van der Waals surface area (Å²) in [5.74, 6) is -0.293. The molecule has 2 aliphatic heterocycles. The van der Waals surface area contributed by atoms with E-state index in [1.165, 1.54) is 32.1 Å². The van der Waals surface area contributed by atoms with Crippen LogP contribution in [0.4, 0.5) is 0 Å². The van der Waals surface area contributed by atoms with Gasteiger partial charge >= 0.3 is 5.97 Å². The number of aliphatic hydroxyl groups is 1. The topological polar surface area (TPSA) is 102 Å². The average molecular weight is 599 g/mol. The summed E-state index contributed by atoms with van der Waals surface area (Å²) in [5, 5.41) is 11.5. The number of hydrogen-bond donors (Lipinski definition) is 1. The number of hydrogen-bond acceptors (Lipinski definition) is 9. The van der Waals surface area contributed by atoms with E-state index < -0.39 is 23.7 Å². The Hall–Kier alpha value is -3.17. The Kier molecular flexibility index (Phi) is 9.92. The van der Waals surface area contributed by atoms with Crippen molar-refractivity contribution in [3.8, 4) is 28.7 Å². The van der Waals surface area contributed by atoms with Crippen molar-refractivity contribution in [3.05, 3.63) is 41.0 Å². The second kappa shape index (κ2) is 13.6. The molecule has 9 heteroatoms. The van der Waals surface area contributed by atoms with Gasteiger partial charge < -0.3 is 38.3 Å². The zero-order valence-electron chi connectivity index (χ0n) is 26.1. The van der Waals surface area contributed by atoms with Crippen molar-refractivity contribution < 1.29 is 43.1 Å². The van der Waals surface area contributed by atoms with Crippen LogP contribution in [0.25, 0.3) is 0 Å². The van der Waals surface area contributed by atoms with E-state index in [2.05, 4.69) is 6.92 Å². The first-order chi connectivity index (χ1) is 20.8. The molecular weight excluding hydrogens is 552 g/mol. The van der Waals surface area contributed by atoms with E-state index in [1.807, 2.05) is 24.3 Å². The summed E-state index contributed by atoms with van der Waals surface area (Å²) in [4.78, 5) is 13.4. The molecule has 3 aliphatic rings.